The first-order valence-electron chi connectivity index (χ1n) is 4.74. The maximum absolute atomic E-state index is 5.95. The highest BCUT2D eigenvalue weighted by Crippen LogP contribution is 2.34. The number of nitrogens with two attached hydrogens (primary N) is 2. The lowest BCUT2D eigenvalue weighted by atomic mass is 10.3. The third-order valence-corrected chi connectivity index (χ3v) is 3.53. The lowest BCUT2D eigenvalue weighted by Gasteiger charge is -2.06. The minimum absolute atomic E-state index is 0.569. The highest BCUT2D eigenvalue weighted by Gasteiger charge is 2.03. The molecule has 4 N–H and O–H groups in total. The number of anilines is 2. The Morgan fingerprint density at radius 3 is 2.38 bits per heavy atom. The largest absolute Gasteiger partial charge is 0.398 e. The van der Waals surface area contributed by atoms with Crippen molar-refractivity contribution in [2.75, 3.05) is 11.5 Å². The molecule has 0 heterocycles. The van der Waals surface area contributed by atoms with E-state index >= 15 is 0 Å². The van der Waals surface area contributed by atoms with Gasteiger partial charge in [0.25, 0.3) is 0 Å². The van der Waals surface area contributed by atoms with Crippen LogP contribution in [0.4, 0.5) is 11.4 Å². The Balaban J connectivity index is 2.28. The molecule has 2 aromatic carbocycles. The van der Waals surface area contributed by atoms with Gasteiger partial charge in [-0.05, 0) is 30.3 Å². The van der Waals surface area contributed by atoms with E-state index in [2.05, 4.69) is 0 Å². The van der Waals surface area contributed by atoms with Crippen molar-refractivity contribution in [3.8, 4) is 0 Å². The standard InChI is InChI=1S/C12H11ClN2S/c13-9-7-8(5-6-10(9)14)16-12-4-2-1-3-11(12)15/h1-7H,14-15H2. The molecule has 2 rings (SSSR count). The first kappa shape index (κ1) is 11.2. The second-order valence-corrected chi connectivity index (χ2v) is 4.85. The summed E-state index contributed by atoms with van der Waals surface area (Å²) in [5.74, 6) is 0. The van der Waals surface area contributed by atoms with Gasteiger partial charge in [0.2, 0.25) is 0 Å². The van der Waals surface area contributed by atoms with Crippen LogP contribution in [-0.4, -0.2) is 0 Å². The van der Waals surface area contributed by atoms with Gasteiger partial charge in [-0.1, -0.05) is 35.5 Å². The average molecular weight is 251 g/mol. The van der Waals surface area contributed by atoms with E-state index in [1.165, 1.54) is 0 Å². The topological polar surface area (TPSA) is 52.0 Å². The van der Waals surface area contributed by atoms with Gasteiger partial charge in [-0.25, -0.2) is 0 Å². The molecule has 0 saturated heterocycles. The zero-order chi connectivity index (χ0) is 11.5. The number of nitrogen functional groups attached to an aromatic ring is 2. The second kappa shape index (κ2) is 4.68. The second-order valence-electron chi connectivity index (χ2n) is 3.32. The Kier molecular flexibility index (Phi) is 3.27. The monoisotopic (exact) mass is 250 g/mol. The Hall–Kier alpha value is -1.32. The van der Waals surface area contributed by atoms with Crippen molar-refractivity contribution in [1.82, 2.24) is 0 Å². The predicted octanol–water partition coefficient (Wildman–Crippen LogP) is 3.66. The van der Waals surface area contributed by atoms with Gasteiger partial charge >= 0.3 is 0 Å². The molecular formula is C12H11ClN2S. The van der Waals surface area contributed by atoms with Gasteiger partial charge in [-0.15, -0.1) is 0 Å². The van der Waals surface area contributed by atoms with Crippen LogP contribution in [0, 0.1) is 0 Å². The molecule has 2 nitrogen and oxygen atoms in total. The maximum Gasteiger partial charge on any atom is 0.0646 e. The summed E-state index contributed by atoms with van der Waals surface area (Å²) in [5.41, 5.74) is 12.9. The third kappa shape index (κ3) is 2.43. The Labute approximate surface area is 104 Å². The molecule has 0 unspecified atom stereocenters. The molecule has 0 aliphatic heterocycles. The van der Waals surface area contributed by atoms with Gasteiger partial charge in [0.15, 0.2) is 0 Å². The smallest absolute Gasteiger partial charge is 0.0646 e. The summed E-state index contributed by atoms with van der Waals surface area (Å²) in [6.07, 6.45) is 0. The molecule has 0 aliphatic rings. The summed E-state index contributed by atoms with van der Waals surface area (Å²) < 4.78 is 0. The lowest BCUT2D eigenvalue weighted by molar-refractivity contribution is 1.41. The number of para-hydroxylation sites is 1. The fourth-order valence-corrected chi connectivity index (χ4v) is 2.42. The van der Waals surface area contributed by atoms with E-state index in [9.17, 15) is 0 Å². The molecule has 0 aromatic heterocycles. The van der Waals surface area contributed by atoms with E-state index in [4.69, 9.17) is 23.1 Å². The normalized spacial score (nSPS) is 10.3. The number of halogens is 1. The van der Waals surface area contributed by atoms with Crippen LogP contribution in [0.3, 0.4) is 0 Å². The van der Waals surface area contributed by atoms with Crippen molar-refractivity contribution in [2.24, 2.45) is 0 Å². The van der Waals surface area contributed by atoms with Crippen molar-refractivity contribution in [1.29, 1.82) is 0 Å². The molecule has 0 saturated carbocycles. The van der Waals surface area contributed by atoms with E-state index < -0.39 is 0 Å². The van der Waals surface area contributed by atoms with Crippen molar-refractivity contribution in [3.05, 3.63) is 47.5 Å². The molecule has 4 heteroatoms. The predicted molar refractivity (Wildman–Crippen MR) is 70.8 cm³/mol. The quantitative estimate of drug-likeness (QED) is 0.800. The van der Waals surface area contributed by atoms with Gasteiger partial charge in [-0.3, -0.25) is 0 Å². The summed E-state index contributed by atoms with van der Waals surface area (Å²) >= 11 is 7.52. The molecule has 16 heavy (non-hydrogen) atoms. The van der Waals surface area contributed by atoms with E-state index in [1.807, 2.05) is 36.4 Å². The van der Waals surface area contributed by atoms with Crippen LogP contribution in [0.15, 0.2) is 52.3 Å². The molecule has 0 radical (unpaired) electrons. The molecule has 0 atom stereocenters. The fourth-order valence-electron chi connectivity index (χ4n) is 1.27. The summed E-state index contributed by atoms with van der Waals surface area (Å²) in [4.78, 5) is 2.04. The first-order valence-corrected chi connectivity index (χ1v) is 5.93. The summed E-state index contributed by atoms with van der Waals surface area (Å²) in [6, 6.07) is 13.3. The van der Waals surface area contributed by atoms with Crippen LogP contribution >= 0.6 is 23.4 Å². The molecule has 0 fully saturated rings. The van der Waals surface area contributed by atoms with E-state index in [0.29, 0.717) is 10.7 Å². The van der Waals surface area contributed by atoms with Crippen LogP contribution in [0.1, 0.15) is 0 Å². The summed E-state index contributed by atoms with van der Waals surface area (Å²) in [5, 5.41) is 0.569. The Morgan fingerprint density at radius 2 is 1.69 bits per heavy atom. The Bertz CT molecular complexity index is 514. The molecule has 0 aliphatic carbocycles. The number of hydrogen-bond acceptors (Lipinski definition) is 3. The van der Waals surface area contributed by atoms with Crippen LogP contribution < -0.4 is 11.5 Å². The minimum Gasteiger partial charge on any atom is -0.398 e. The van der Waals surface area contributed by atoms with Gasteiger partial charge in [0.1, 0.15) is 0 Å². The molecular weight excluding hydrogens is 240 g/mol. The summed E-state index contributed by atoms with van der Waals surface area (Å²) in [6.45, 7) is 0. The van der Waals surface area contributed by atoms with Gasteiger partial charge < -0.3 is 11.5 Å². The van der Waals surface area contributed by atoms with Crippen molar-refractivity contribution in [3.63, 3.8) is 0 Å². The molecule has 0 spiro atoms. The number of rotatable bonds is 2. The minimum atomic E-state index is 0.569. The van der Waals surface area contributed by atoms with Crippen molar-refractivity contribution in [2.45, 2.75) is 9.79 Å². The molecule has 2 aromatic rings. The SMILES string of the molecule is Nc1ccc(Sc2ccccc2N)cc1Cl. The fraction of sp³-hybridized carbons (Fsp3) is 0. The van der Waals surface area contributed by atoms with Gasteiger partial charge in [0.05, 0.1) is 10.7 Å². The summed E-state index contributed by atoms with van der Waals surface area (Å²) in [7, 11) is 0. The zero-order valence-corrected chi connectivity index (χ0v) is 10.1. The molecule has 0 bridgehead atoms. The van der Waals surface area contributed by atoms with E-state index in [-0.39, 0.29) is 0 Å². The first-order chi connectivity index (χ1) is 7.66. The van der Waals surface area contributed by atoms with Crippen LogP contribution in [0.2, 0.25) is 5.02 Å². The highest BCUT2D eigenvalue weighted by molar-refractivity contribution is 7.99. The van der Waals surface area contributed by atoms with E-state index in [1.54, 1.807) is 17.8 Å². The Morgan fingerprint density at radius 1 is 0.938 bits per heavy atom. The average Bonchev–Trinajstić information content (AvgIpc) is 2.27. The zero-order valence-electron chi connectivity index (χ0n) is 8.48. The van der Waals surface area contributed by atoms with Crippen molar-refractivity contribution < 1.29 is 0 Å². The molecule has 0 amide bonds. The van der Waals surface area contributed by atoms with Crippen LogP contribution in [-0.2, 0) is 0 Å². The number of benzene rings is 2. The maximum atomic E-state index is 5.95. The van der Waals surface area contributed by atoms with E-state index in [0.717, 1.165) is 15.5 Å². The lowest BCUT2D eigenvalue weighted by Crippen LogP contribution is -1.88. The van der Waals surface area contributed by atoms with Gasteiger partial charge in [-0.2, -0.15) is 0 Å². The van der Waals surface area contributed by atoms with Crippen LogP contribution in [0.25, 0.3) is 0 Å². The third-order valence-electron chi connectivity index (χ3n) is 2.12. The highest BCUT2D eigenvalue weighted by atomic mass is 35.5. The number of hydrogen-bond donors (Lipinski definition) is 2. The molecule has 82 valence electrons. The van der Waals surface area contributed by atoms with Gasteiger partial charge in [0, 0.05) is 15.5 Å². The van der Waals surface area contributed by atoms with Crippen molar-refractivity contribution >= 4 is 34.7 Å². The van der Waals surface area contributed by atoms with Crippen LogP contribution in [0.5, 0.6) is 0 Å².